The number of carbonyl (C=O) groups is 1. The number of carbonyl (C=O) groups excluding carboxylic acids is 1. The smallest absolute Gasteiger partial charge is 0.337 e. The number of hydrogen-bond donors (Lipinski definition) is 1. The number of esters is 1. The summed E-state index contributed by atoms with van der Waals surface area (Å²) in [6.45, 7) is 0.576. The number of para-hydroxylation sites is 2. The zero-order valence-electron chi connectivity index (χ0n) is 15.5. The summed E-state index contributed by atoms with van der Waals surface area (Å²) in [5.74, 6) is 0.201. The number of fused-ring (bicyclic) bond motifs is 3. The lowest BCUT2D eigenvalue weighted by molar-refractivity contribution is 0.0600. The number of aliphatic hydroxyl groups is 1. The second-order valence-electron chi connectivity index (χ2n) is 6.63. The van der Waals surface area contributed by atoms with Crippen LogP contribution in [0.25, 0.3) is 21.8 Å². The maximum absolute atomic E-state index is 11.5. The molecule has 0 saturated carbocycles. The van der Waals surface area contributed by atoms with E-state index >= 15 is 0 Å². The van der Waals surface area contributed by atoms with Crippen molar-refractivity contribution < 1.29 is 19.4 Å². The van der Waals surface area contributed by atoms with Crippen molar-refractivity contribution in [3.8, 4) is 5.75 Å². The zero-order chi connectivity index (χ0) is 19.5. The quantitative estimate of drug-likeness (QED) is 0.517. The molecule has 0 aliphatic heterocycles. The van der Waals surface area contributed by atoms with E-state index in [4.69, 9.17) is 4.74 Å². The molecule has 3 aromatic carbocycles. The van der Waals surface area contributed by atoms with Gasteiger partial charge in [0.15, 0.2) is 0 Å². The molecular weight excluding hydrogens is 354 g/mol. The Labute approximate surface area is 162 Å². The molecule has 1 N–H and O–H groups in total. The molecule has 4 aromatic rings. The van der Waals surface area contributed by atoms with Crippen LogP contribution in [0.2, 0.25) is 0 Å². The first-order valence-corrected chi connectivity index (χ1v) is 9.12. The summed E-state index contributed by atoms with van der Waals surface area (Å²) in [6.07, 6.45) is -0.681. The summed E-state index contributed by atoms with van der Waals surface area (Å²) in [6, 6.07) is 23.0. The maximum Gasteiger partial charge on any atom is 0.337 e. The third-order valence-corrected chi connectivity index (χ3v) is 4.79. The SMILES string of the molecule is COC(=O)c1ccc(OC[C@H](O)Cn2c3ccccc3c3ccccc32)cc1. The van der Waals surface area contributed by atoms with E-state index in [9.17, 15) is 9.90 Å². The van der Waals surface area contributed by atoms with Gasteiger partial charge in [-0.1, -0.05) is 36.4 Å². The molecule has 5 heteroatoms. The Balaban J connectivity index is 1.49. The van der Waals surface area contributed by atoms with Gasteiger partial charge in [-0.2, -0.15) is 0 Å². The van der Waals surface area contributed by atoms with Gasteiger partial charge in [0.2, 0.25) is 0 Å². The minimum absolute atomic E-state index is 0.151. The highest BCUT2D eigenvalue weighted by molar-refractivity contribution is 6.07. The second kappa shape index (κ2) is 7.74. The van der Waals surface area contributed by atoms with Crippen LogP contribution < -0.4 is 4.74 Å². The van der Waals surface area contributed by atoms with E-state index in [-0.39, 0.29) is 6.61 Å². The molecule has 0 fully saturated rings. The van der Waals surface area contributed by atoms with Crippen LogP contribution >= 0.6 is 0 Å². The fourth-order valence-electron chi connectivity index (χ4n) is 3.46. The van der Waals surface area contributed by atoms with Crippen LogP contribution in [0.5, 0.6) is 5.75 Å². The lowest BCUT2D eigenvalue weighted by Gasteiger charge is -2.15. The monoisotopic (exact) mass is 375 g/mol. The molecule has 0 aliphatic rings. The molecular formula is C23H21NO4. The van der Waals surface area contributed by atoms with Crippen molar-refractivity contribution in [2.24, 2.45) is 0 Å². The molecule has 142 valence electrons. The molecule has 0 unspecified atom stereocenters. The van der Waals surface area contributed by atoms with Gasteiger partial charge in [-0.3, -0.25) is 0 Å². The Hall–Kier alpha value is -3.31. The molecule has 1 aromatic heterocycles. The predicted octanol–water partition coefficient (Wildman–Crippen LogP) is 4.02. The first-order valence-electron chi connectivity index (χ1n) is 9.12. The van der Waals surface area contributed by atoms with E-state index in [1.807, 2.05) is 24.3 Å². The van der Waals surface area contributed by atoms with Crippen molar-refractivity contribution in [1.82, 2.24) is 4.57 Å². The van der Waals surface area contributed by atoms with Crippen molar-refractivity contribution in [1.29, 1.82) is 0 Å². The highest BCUT2D eigenvalue weighted by Gasteiger charge is 2.14. The number of nitrogens with zero attached hydrogens (tertiary/aromatic N) is 1. The number of rotatable bonds is 6. The minimum Gasteiger partial charge on any atom is -0.491 e. The highest BCUT2D eigenvalue weighted by atomic mass is 16.5. The van der Waals surface area contributed by atoms with Crippen molar-refractivity contribution in [3.63, 3.8) is 0 Å². The fourth-order valence-corrected chi connectivity index (χ4v) is 3.46. The Morgan fingerprint density at radius 1 is 0.929 bits per heavy atom. The molecule has 0 aliphatic carbocycles. The average Bonchev–Trinajstić information content (AvgIpc) is 3.06. The van der Waals surface area contributed by atoms with Crippen molar-refractivity contribution in [2.45, 2.75) is 12.6 Å². The number of aromatic nitrogens is 1. The van der Waals surface area contributed by atoms with Gasteiger partial charge in [-0.15, -0.1) is 0 Å². The normalized spacial score (nSPS) is 12.2. The third-order valence-electron chi connectivity index (χ3n) is 4.79. The minimum atomic E-state index is -0.681. The first kappa shape index (κ1) is 18.1. The second-order valence-corrected chi connectivity index (χ2v) is 6.63. The van der Waals surface area contributed by atoms with Crippen LogP contribution in [0.4, 0.5) is 0 Å². The van der Waals surface area contributed by atoms with Crippen LogP contribution in [-0.2, 0) is 11.3 Å². The largest absolute Gasteiger partial charge is 0.491 e. The van der Waals surface area contributed by atoms with Gasteiger partial charge in [0.1, 0.15) is 18.5 Å². The topological polar surface area (TPSA) is 60.7 Å². The van der Waals surface area contributed by atoms with Gasteiger partial charge >= 0.3 is 5.97 Å². The van der Waals surface area contributed by atoms with Gasteiger partial charge in [0.25, 0.3) is 0 Å². The number of benzene rings is 3. The van der Waals surface area contributed by atoms with E-state index in [0.29, 0.717) is 17.9 Å². The van der Waals surface area contributed by atoms with Crippen molar-refractivity contribution in [2.75, 3.05) is 13.7 Å². The molecule has 4 rings (SSSR count). The maximum atomic E-state index is 11.5. The van der Waals surface area contributed by atoms with E-state index < -0.39 is 12.1 Å². The molecule has 0 saturated heterocycles. The lowest BCUT2D eigenvalue weighted by Crippen LogP contribution is -2.23. The fraction of sp³-hybridized carbons (Fsp3) is 0.174. The van der Waals surface area contributed by atoms with Gasteiger partial charge in [0.05, 0.1) is 19.2 Å². The highest BCUT2D eigenvalue weighted by Crippen LogP contribution is 2.28. The molecule has 1 heterocycles. The van der Waals surface area contributed by atoms with Crippen molar-refractivity contribution >= 4 is 27.8 Å². The van der Waals surface area contributed by atoms with Gasteiger partial charge in [-0.05, 0) is 36.4 Å². The van der Waals surface area contributed by atoms with E-state index in [0.717, 1.165) is 11.0 Å². The number of methoxy groups -OCH3 is 1. The average molecular weight is 375 g/mol. The third kappa shape index (κ3) is 3.44. The van der Waals surface area contributed by atoms with E-state index in [2.05, 4.69) is 33.6 Å². The lowest BCUT2D eigenvalue weighted by atomic mass is 10.2. The summed E-state index contributed by atoms with van der Waals surface area (Å²) >= 11 is 0. The Morgan fingerprint density at radius 2 is 1.50 bits per heavy atom. The molecule has 28 heavy (non-hydrogen) atoms. The van der Waals surface area contributed by atoms with E-state index in [1.165, 1.54) is 17.9 Å². The molecule has 5 nitrogen and oxygen atoms in total. The van der Waals surface area contributed by atoms with Gasteiger partial charge < -0.3 is 19.1 Å². The first-order chi connectivity index (χ1) is 13.7. The summed E-state index contributed by atoms with van der Waals surface area (Å²) in [4.78, 5) is 11.5. The summed E-state index contributed by atoms with van der Waals surface area (Å²) in [5.41, 5.74) is 2.64. The molecule has 0 amide bonds. The summed E-state index contributed by atoms with van der Waals surface area (Å²) < 4.78 is 12.5. The number of aliphatic hydroxyl groups excluding tert-OH is 1. The zero-order valence-corrected chi connectivity index (χ0v) is 15.5. The standard InChI is InChI=1S/C23H21NO4/c1-27-23(26)16-10-12-18(13-11-16)28-15-17(25)14-24-21-8-4-2-6-19(21)20-7-3-5-9-22(20)24/h2-13,17,25H,14-15H2,1H3/t17-/m1/s1. The molecule has 0 bridgehead atoms. The van der Waals surface area contributed by atoms with Gasteiger partial charge in [-0.25, -0.2) is 4.79 Å². The van der Waals surface area contributed by atoms with Crippen molar-refractivity contribution in [3.05, 3.63) is 78.4 Å². The molecule has 0 spiro atoms. The van der Waals surface area contributed by atoms with Crippen LogP contribution in [0, 0.1) is 0 Å². The Bertz CT molecular complexity index is 1060. The van der Waals surface area contributed by atoms with Gasteiger partial charge in [0, 0.05) is 21.8 Å². The molecule has 0 radical (unpaired) electrons. The summed E-state index contributed by atoms with van der Waals surface area (Å²) in [5, 5.41) is 12.9. The van der Waals surface area contributed by atoms with E-state index in [1.54, 1.807) is 24.3 Å². The number of ether oxygens (including phenoxy) is 2. The predicted molar refractivity (Wildman–Crippen MR) is 109 cm³/mol. The number of hydrogen-bond acceptors (Lipinski definition) is 4. The Morgan fingerprint density at radius 3 is 2.07 bits per heavy atom. The van der Waals surface area contributed by atoms with Crippen LogP contribution in [-0.4, -0.2) is 35.5 Å². The Kier molecular flexibility index (Phi) is 5.00. The van der Waals surface area contributed by atoms with Crippen LogP contribution in [0.3, 0.4) is 0 Å². The van der Waals surface area contributed by atoms with Crippen LogP contribution in [0.15, 0.2) is 72.8 Å². The molecule has 1 atom stereocenters. The van der Waals surface area contributed by atoms with Crippen LogP contribution in [0.1, 0.15) is 10.4 Å². The summed E-state index contributed by atoms with van der Waals surface area (Å²) in [7, 11) is 1.34.